The number of urea groups is 1. The van der Waals surface area contributed by atoms with Crippen molar-refractivity contribution in [3.8, 4) is 0 Å². The van der Waals surface area contributed by atoms with E-state index in [0.29, 0.717) is 32.0 Å². The molecule has 0 aliphatic carbocycles. The molecule has 9 heteroatoms. The number of hydrogen-bond acceptors (Lipinski definition) is 2. The number of nitrogens with zero attached hydrogens (tertiary/aromatic N) is 3. The van der Waals surface area contributed by atoms with Crippen LogP contribution in [0.25, 0.3) is 0 Å². The second kappa shape index (κ2) is 11.3. The number of amides is 3. The highest BCUT2D eigenvalue weighted by molar-refractivity contribution is 5.92. The summed E-state index contributed by atoms with van der Waals surface area (Å²) >= 11 is 0. The predicted octanol–water partition coefficient (Wildman–Crippen LogP) is 6.51. The van der Waals surface area contributed by atoms with Crippen LogP contribution in [-0.4, -0.2) is 45.9 Å². The van der Waals surface area contributed by atoms with Gasteiger partial charge in [0.2, 0.25) is 5.91 Å². The lowest BCUT2D eigenvalue weighted by Crippen LogP contribution is -2.48. The number of carbonyl (C=O) groups is 2. The zero-order valence-corrected chi connectivity index (χ0v) is 21.8. The van der Waals surface area contributed by atoms with Crippen molar-refractivity contribution < 1.29 is 22.8 Å². The molecule has 38 heavy (non-hydrogen) atoms. The van der Waals surface area contributed by atoms with Crippen molar-refractivity contribution >= 4 is 17.6 Å². The molecule has 0 spiro atoms. The molecule has 0 radical (unpaired) electrons. The van der Waals surface area contributed by atoms with E-state index in [1.54, 1.807) is 0 Å². The van der Waals surface area contributed by atoms with Crippen LogP contribution in [0.4, 0.5) is 23.7 Å². The van der Waals surface area contributed by atoms with Crippen molar-refractivity contribution in [2.45, 2.75) is 51.9 Å². The molecule has 3 amide bonds. The van der Waals surface area contributed by atoms with Gasteiger partial charge in [0.25, 0.3) is 0 Å². The Morgan fingerprint density at radius 2 is 1.71 bits per heavy atom. The first-order valence-electron chi connectivity index (χ1n) is 12.9. The molecule has 3 aromatic rings. The Bertz CT molecular complexity index is 1250. The van der Waals surface area contributed by atoms with E-state index >= 15 is 0 Å². The van der Waals surface area contributed by atoms with Gasteiger partial charge in [-0.3, -0.25) is 4.79 Å². The van der Waals surface area contributed by atoms with Crippen LogP contribution in [0.5, 0.6) is 0 Å². The lowest BCUT2D eigenvalue weighted by Gasteiger charge is -2.38. The first-order valence-corrected chi connectivity index (χ1v) is 12.9. The van der Waals surface area contributed by atoms with E-state index in [0.717, 1.165) is 23.4 Å². The molecule has 6 nitrogen and oxygen atoms in total. The third-order valence-electron chi connectivity index (χ3n) is 6.85. The van der Waals surface area contributed by atoms with Gasteiger partial charge in [-0.05, 0) is 59.9 Å². The summed E-state index contributed by atoms with van der Waals surface area (Å²) in [5, 5.41) is 2.63. The molecule has 1 aliphatic rings. The maximum absolute atomic E-state index is 13.7. The van der Waals surface area contributed by atoms with Crippen LogP contribution in [0.1, 0.15) is 61.5 Å². The number of halogens is 3. The van der Waals surface area contributed by atoms with Crippen LogP contribution in [0, 0.1) is 0 Å². The van der Waals surface area contributed by atoms with Gasteiger partial charge in [0.1, 0.15) is 6.54 Å². The maximum atomic E-state index is 13.7. The average Bonchev–Trinajstić information content (AvgIpc) is 3.36. The number of fused-ring (bicyclic) bond motifs is 1. The van der Waals surface area contributed by atoms with Crippen LogP contribution >= 0.6 is 0 Å². The molecule has 0 saturated carbocycles. The van der Waals surface area contributed by atoms with Crippen LogP contribution in [-0.2, 0) is 17.5 Å². The Morgan fingerprint density at radius 1 is 1.03 bits per heavy atom. The highest BCUT2D eigenvalue weighted by atomic mass is 19.4. The second-order valence-corrected chi connectivity index (χ2v) is 9.86. The average molecular weight is 527 g/mol. The number of nitrogens with one attached hydrogen (secondary N) is 1. The lowest BCUT2D eigenvalue weighted by molar-refractivity contribution is -0.137. The van der Waals surface area contributed by atoms with Gasteiger partial charge in [-0.15, -0.1) is 0 Å². The largest absolute Gasteiger partial charge is 0.416 e. The summed E-state index contributed by atoms with van der Waals surface area (Å²) < 4.78 is 40.8. The summed E-state index contributed by atoms with van der Waals surface area (Å²) in [6.07, 6.45) is -1.83. The minimum Gasteiger partial charge on any atom is -0.348 e. The molecule has 2 heterocycles. The smallest absolute Gasteiger partial charge is 0.348 e. The summed E-state index contributed by atoms with van der Waals surface area (Å²) in [5.74, 6) is 0.203. The van der Waals surface area contributed by atoms with E-state index < -0.39 is 17.8 Å². The Hall–Kier alpha value is -3.75. The lowest BCUT2D eigenvalue weighted by atomic mass is 9.95. The van der Waals surface area contributed by atoms with E-state index in [4.69, 9.17) is 0 Å². The molecule has 0 bridgehead atoms. The molecule has 1 N–H and O–H groups in total. The van der Waals surface area contributed by atoms with Crippen molar-refractivity contribution in [2.75, 3.05) is 25.0 Å². The van der Waals surface area contributed by atoms with Crippen LogP contribution in [0.2, 0.25) is 0 Å². The minimum absolute atomic E-state index is 0.137. The fourth-order valence-electron chi connectivity index (χ4n) is 4.79. The van der Waals surface area contributed by atoms with Crippen molar-refractivity contribution in [2.24, 2.45) is 0 Å². The summed E-state index contributed by atoms with van der Waals surface area (Å²) in [6, 6.07) is 15.7. The van der Waals surface area contributed by atoms with Crippen LogP contribution in [0.3, 0.4) is 0 Å². The summed E-state index contributed by atoms with van der Waals surface area (Å²) in [5.41, 5.74) is 2.66. The second-order valence-electron chi connectivity index (χ2n) is 9.86. The van der Waals surface area contributed by atoms with Gasteiger partial charge in [-0.2, -0.15) is 13.2 Å². The molecule has 0 saturated heterocycles. The standard InChI is InChI=1S/C29H33F3N4O2/c1-4-15-35(28(38)33-24-13-11-23(12-14-24)29(30,31)32)19-26(37)36-18-17-34-16-5-6-25(34)27(36)22-9-7-21(8-10-22)20(2)3/h5-14,16,20,27H,4,15,17-19H2,1-3H3,(H,33,38). The third kappa shape index (κ3) is 6.03. The van der Waals surface area contributed by atoms with Gasteiger partial charge >= 0.3 is 12.2 Å². The fraction of sp³-hybridized carbons (Fsp3) is 0.379. The first kappa shape index (κ1) is 27.3. The Morgan fingerprint density at radius 3 is 2.32 bits per heavy atom. The molecule has 1 aliphatic heterocycles. The number of anilines is 1. The molecule has 202 valence electrons. The Balaban J connectivity index is 1.52. The van der Waals surface area contributed by atoms with Crippen molar-refractivity contribution in [1.82, 2.24) is 14.4 Å². The van der Waals surface area contributed by atoms with Gasteiger partial charge in [-0.1, -0.05) is 45.0 Å². The molecule has 0 fully saturated rings. The highest BCUT2D eigenvalue weighted by Crippen LogP contribution is 2.33. The quantitative estimate of drug-likeness (QED) is 0.382. The number of hydrogen-bond donors (Lipinski definition) is 1. The van der Waals surface area contributed by atoms with E-state index in [9.17, 15) is 22.8 Å². The highest BCUT2D eigenvalue weighted by Gasteiger charge is 2.34. The maximum Gasteiger partial charge on any atom is 0.416 e. The SMILES string of the molecule is CCCN(CC(=O)N1CCn2cccc2C1c1ccc(C(C)C)cc1)C(=O)Nc1ccc(C(F)(F)F)cc1. The number of benzene rings is 2. The van der Waals surface area contributed by atoms with E-state index in [1.807, 2.05) is 30.2 Å². The number of alkyl halides is 3. The summed E-state index contributed by atoms with van der Waals surface area (Å²) in [4.78, 5) is 29.9. The summed E-state index contributed by atoms with van der Waals surface area (Å²) in [6.45, 7) is 7.51. The van der Waals surface area contributed by atoms with Crippen LogP contribution < -0.4 is 5.32 Å². The molecule has 4 rings (SSSR count). The zero-order chi connectivity index (χ0) is 27.4. The minimum atomic E-state index is -4.46. The monoisotopic (exact) mass is 526 g/mol. The number of aromatic nitrogens is 1. The van der Waals surface area contributed by atoms with Gasteiger partial charge in [0.15, 0.2) is 0 Å². The van der Waals surface area contributed by atoms with E-state index in [1.165, 1.54) is 22.6 Å². The van der Waals surface area contributed by atoms with Gasteiger partial charge in [0, 0.05) is 37.2 Å². The molecule has 1 aromatic heterocycles. The topological polar surface area (TPSA) is 57.6 Å². The van der Waals surface area contributed by atoms with Gasteiger partial charge < -0.3 is 19.7 Å². The van der Waals surface area contributed by atoms with E-state index in [-0.39, 0.29) is 24.2 Å². The normalized spacial score (nSPS) is 15.3. The predicted molar refractivity (Wildman–Crippen MR) is 141 cm³/mol. The summed E-state index contributed by atoms with van der Waals surface area (Å²) in [7, 11) is 0. The molecule has 2 aromatic carbocycles. The first-order chi connectivity index (χ1) is 18.1. The van der Waals surface area contributed by atoms with Crippen molar-refractivity contribution in [3.63, 3.8) is 0 Å². The zero-order valence-electron chi connectivity index (χ0n) is 21.8. The van der Waals surface area contributed by atoms with Gasteiger partial charge in [0.05, 0.1) is 11.6 Å². The van der Waals surface area contributed by atoms with Crippen LogP contribution in [0.15, 0.2) is 66.9 Å². The number of carbonyl (C=O) groups excluding carboxylic acids is 2. The van der Waals surface area contributed by atoms with Gasteiger partial charge in [-0.25, -0.2) is 4.79 Å². The molecule has 1 unspecified atom stereocenters. The molecular weight excluding hydrogens is 493 g/mol. The molecular formula is C29H33F3N4O2. The van der Waals surface area contributed by atoms with E-state index in [2.05, 4.69) is 48.0 Å². The molecule has 1 atom stereocenters. The Labute approximate surface area is 221 Å². The van der Waals surface area contributed by atoms with Crippen molar-refractivity contribution in [1.29, 1.82) is 0 Å². The fourth-order valence-corrected chi connectivity index (χ4v) is 4.79. The third-order valence-corrected chi connectivity index (χ3v) is 6.85. The Kier molecular flexibility index (Phi) is 8.14. The van der Waals surface area contributed by atoms with Crippen molar-refractivity contribution in [3.05, 3.63) is 89.2 Å². The number of rotatable bonds is 7.